The van der Waals surface area contributed by atoms with Crippen LogP contribution in [0.15, 0.2) is 23.1 Å². The molecular weight excluding hydrogens is 354 g/mol. The van der Waals surface area contributed by atoms with Gasteiger partial charge in [0.05, 0.1) is 11.5 Å². The van der Waals surface area contributed by atoms with Crippen LogP contribution >= 0.6 is 0 Å². The summed E-state index contributed by atoms with van der Waals surface area (Å²) < 4.78 is 32.0. The second kappa shape index (κ2) is 10.0. The number of amides is 1. The summed E-state index contributed by atoms with van der Waals surface area (Å²) in [7, 11) is -0.489. The van der Waals surface area contributed by atoms with Gasteiger partial charge in [0.2, 0.25) is 10.0 Å². The lowest BCUT2D eigenvalue weighted by Crippen LogP contribution is -2.35. The molecule has 1 unspecified atom stereocenters. The van der Waals surface area contributed by atoms with E-state index in [1.807, 2.05) is 13.8 Å². The van der Waals surface area contributed by atoms with E-state index in [4.69, 9.17) is 10.5 Å². The third-order valence-corrected chi connectivity index (χ3v) is 5.81. The van der Waals surface area contributed by atoms with Crippen LogP contribution in [0.2, 0.25) is 0 Å². The molecule has 26 heavy (non-hydrogen) atoms. The lowest BCUT2D eigenvalue weighted by Gasteiger charge is -2.22. The summed E-state index contributed by atoms with van der Waals surface area (Å²) in [5, 5.41) is 0. The van der Waals surface area contributed by atoms with E-state index >= 15 is 0 Å². The number of hydrogen-bond donors (Lipinski definition) is 2. The van der Waals surface area contributed by atoms with Crippen molar-refractivity contribution in [1.82, 2.24) is 9.62 Å². The summed E-state index contributed by atoms with van der Waals surface area (Å²) in [5.41, 5.74) is 7.14. The number of ether oxygens (including phenoxy) is 1. The Kier molecular flexibility index (Phi) is 8.69. The van der Waals surface area contributed by atoms with Crippen LogP contribution in [0.25, 0.3) is 0 Å². The summed E-state index contributed by atoms with van der Waals surface area (Å²) in [6.07, 6.45) is 0.690. The number of sulfonamides is 1. The van der Waals surface area contributed by atoms with E-state index in [9.17, 15) is 13.2 Å². The van der Waals surface area contributed by atoms with Crippen LogP contribution in [-0.2, 0) is 14.8 Å². The molecule has 0 heterocycles. The van der Waals surface area contributed by atoms with Crippen LogP contribution in [0.5, 0.6) is 0 Å². The van der Waals surface area contributed by atoms with Crippen LogP contribution < -0.4 is 10.5 Å². The topological polar surface area (TPSA) is 102 Å². The standard InChI is InChI=1S/C18H31N3O4S/c1-13(2)17(19)8-10-21(4)18(22)16-12-15(7-6-14(16)3)26(23,24)20-9-11-25-5/h6-7,12-13,17,20H,8-11,19H2,1-5H3. The van der Waals surface area contributed by atoms with Crippen LogP contribution in [0.3, 0.4) is 0 Å². The van der Waals surface area contributed by atoms with Gasteiger partial charge in [-0.3, -0.25) is 4.79 Å². The molecule has 1 atom stereocenters. The largest absolute Gasteiger partial charge is 0.383 e. The Labute approximate surface area is 156 Å². The number of carbonyl (C=O) groups is 1. The molecule has 7 nitrogen and oxygen atoms in total. The Morgan fingerprint density at radius 2 is 2.00 bits per heavy atom. The van der Waals surface area contributed by atoms with Crippen molar-refractivity contribution >= 4 is 15.9 Å². The number of rotatable bonds is 10. The first-order valence-corrected chi connectivity index (χ1v) is 10.2. The van der Waals surface area contributed by atoms with Gasteiger partial charge in [-0.05, 0) is 37.0 Å². The highest BCUT2D eigenvalue weighted by molar-refractivity contribution is 7.89. The van der Waals surface area contributed by atoms with Crippen molar-refractivity contribution in [3.63, 3.8) is 0 Å². The van der Waals surface area contributed by atoms with E-state index in [1.54, 1.807) is 24.9 Å². The molecule has 0 radical (unpaired) electrons. The zero-order valence-corrected chi connectivity index (χ0v) is 17.1. The van der Waals surface area contributed by atoms with Gasteiger partial charge in [0, 0.05) is 38.9 Å². The van der Waals surface area contributed by atoms with Crippen molar-refractivity contribution in [3.05, 3.63) is 29.3 Å². The molecule has 0 aliphatic rings. The summed E-state index contributed by atoms with van der Waals surface area (Å²) >= 11 is 0. The summed E-state index contributed by atoms with van der Waals surface area (Å²) in [6.45, 7) is 6.83. The fourth-order valence-corrected chi connectivity index (χ4v) is 3.38. The number of nitrogens with zero attached hydrogens (tertiary/aromatic N) is 1. The molecule has 0 aliphatic carbocycles. The van der Waals surface area contributed by atoms with Crippen LogP contribution in [-0.4, -0.2) is 59.1 Å². The third kappa shape index (κ3) is 6.35. The van der Waals surface area contributed by atoms with Gasteiger partial charge >= 0.3 is 0 Å². The summed E-state index contributed by atoms with van der Waals surface area (Å²) in [6, 6.07) is 4.58. The molecule has 0 aromatic heterocycles. The van der Waals surface area contributed by atoms with Crippen molar-refractivity contribution < 1.29 is 17.9 Å². The minimum Gasteiger partial charge on any atom is -0.383 e. The number of methoxy groups -OCH3 is 1. The number of hydrogen-bond acceptors (Lipinski definition) is 5. The monoisotopic (exact) mass is 385 g/mol. The maximum absolute atomic E-state index is 12.7. The van der Waals surface area contributed by atoms with Crippen molar-refractivity contribution in [2.24, 2.45) is 11.7 Å². The second-order valence-electron chi connectivity index (χ2n) is 6.79. The van der Waals surface area contributed by atoms with Gasteiger partial charge in [0.1, 0.15) is 0 Å². The van der Waals surface area contributed by atoms with E-state index in [0.717, 1.165) is 5.56 Å². The Morgan fingerprint density at radius 1 is 1.35 bits per heavy atom. The molecule has 1 aromatic rings. The Hall–Kier alpha value is -1.48. The van der Waals surface area contributed by atoms with Gasteiger partial charge in [-0.1, -0.05) is 19.9 Å². The molecule has 1 amide bonds. The minimum absolute atomic E-state index is 0.0167. The van der Waals surface area contributed by atoms with E-state index in [0.29, 0.717) is 24.4 Å². The Bertz CT molecular complexity index is 704. The highest BCUT2D eigenvalue weighted by Gasteiger charge is 2.20. The van der Waals surface area contributed by atoms with E-state index in [1.165, 1.54) is 19.2 Å². The molecule has 8 heteroatoms. The van der Waals surface area contributed by atoms with Crippen molar-refractivity contribution in [2.45, 2.75) is 38.1 Å². The number of nitrogens with one attached hydrogen (secondary N) is 1. The third-order valence-electron chi connectivity index (χ3n) is 4.35. The average Bonchev–Trinajstić information content (AvgIpc) is 2.58. The first-order valence-electron chi connectivity index (χ1n) is 8.70. The molecular formula is C18H31N3O4S. The predicted molar refractivity (Wildman–Crippen MR) is 103 cm³/mol. The van der Waals surface area contributed by atoms with Crippen LogP contribution in [0.1, 0.15) is 36.2 Å². The molecule has 148 valence electrons. The van der Waals surface area contributed by atoms with Gasteiger partial charge in [0.15, 0.2) is 0 Å². The summed E-state index contributed by atoms with van der Waals surface area (Å²) in [5.74, 6) is 0.124. The first kappa shape index (κ1) is 22.6. The van der Waals surface area contributed by atoms with Gasteiger partial charge in [0.25, 0.3) is 5.91 Å². The van der Waals surface area contributed by atoms with E-state index in [2.05, 4.69) is 4.72 Å². The molecule has 1 aromatic carbocycles. The smallest absolute Gasteiger partial charge is 0.253 e. The molecule has 3 N–H and O–H groups in total. The summed E-state index contributed by atoms with van der Waals surface area (Å²) in [4.78, 5) is 14.4. The normalized spacial score (nSPS) is 13.0. The predicted octanol–water partition coefficient (Wildman–Crippen LogP) is 1.37. The average molecular weight is 386 g/mol. The zero-order chi connectivity index (χ0) is 19.9. The number of aryl methyl sites for hydroxylation is 1. The second-order valence-corrected chi connectivity index (χ2v) is 8.56. The van der Waals surface area contributed by atoms with E-state index < -0.39 is 10.0 Å². The van der Waals surface area contributed by atoms with Gasteiger partial charge < -0.3 is 15.4 Å². The lowest BCUT2D eigenvalue weighted by atomic mass is 10.0. The van der Waals surface area contributed by atoms with Gasteiger partial charge in [-0.15, -0.1) is 0 Å². The number of benzene rings is 1. The zero-order valence-electron chi connectivity index (χ0n) is 16.3. The van der Waals surface area contributed by atoms with Crippen LogP contribution in [0.4, 0.5) is 0 Å². The van der Waals surface area contributed by atoms with Gasteiger partial charge in [-0.25, -0.2) is 13.1 Å². The number of carbonyl (C=O) groups excluding carboxylic acids is 1. The first-order chi connectivity index (χ1) is 12.1. The fourth-order valence-electron chi connectivity index (χ4n) is 2.34. The molecule has 0 fully saturated rings. The maximum Gasteiger partial charge on any atom is 0.253 e. The molecule has 0 spiro atoms. The highest BCUT2D eigenvalue weighted by atomic mass is 32.2. The highest BCUT2D eigenvalue weighted by Crippen LogP contribution is 2.17. The molecule has 0 bridgehead atoms. The maximum atomic E-state index is 12.7. The molecule has 0 aliphatic heterocycles. The Morgan fingerprint density at radius 3 is 2.58 bits per heavy atom. The molecule has 1 rings (SSSR count). The molecule has 0 saturated carbocycles. The lowest BCUT2D eigenvalue weighted by molar-refractivity contribution is 0.0788. The van der Waals surface area contributed by atoms with Crippen LogP contribution in [0, 0.1) is 12.8 Å². The molecule has 0 saturated heterocycles. The van der Waals surface area contributed by atoms with Gasteiger partial charge in [-0.2, -0.15) is 0 Å². The Balaban J connectivity index is 2.93. The van der Waals surface area contributed by atoms with Crippen molar-refractivity contribution in [2.75, 3.05) is 33.9 Å². The van der Waals surface area contributed by atoms with Crippen molar-refractivity contribution in [3.8, 4) is 0 Å². The number of nitrogens with two attached hydrogens (primary N) is 1. The van der Waals surface area contributed by atoms with Crippen molar-refractivity contribution in [1.29, 1.82) is 0 Å². The minimum atomic E-state index is -3.69. The SMILES string of the molecule is COCCNS(=O)(=O)c1ccc(C)c(C(=O)N(C)CCC(N)C(C)C)c1. The fraction of sp³-hybridized carbons (Fsp3) is 0.611. The van der Waals surface area contributed by atoms with E-state index in [-0.39, 0.29) is 30.0 Å². The quantitative estimate of drug-likeness (QED) is 0.592.